The molecule has 1 aromatic rings. The van der Waals surface area contributed by atoms with Crippen molar-refractivity contribution < 1.29 is 4.39 Å². The zero-order valence-corrected chi connectivity index (χ0v) is 13.5. The van der Waals surface area contributed by atoms with Crippen molar-refractivity contribution in [3.63, 3.8) is 0 Å². The first-order valence-electron chi connectivity index (χ1n) is 8.45. The Morgan fingerprint density at radius 3 is 2.36 bits per heavy atom. The molecule has 1 N–H and O–H groups in total. The lowest BCUT2D eigenvalue weighted by molar-refractivity contribution is 0.132. The van der Waals surface area contributed by atoms with Crippen molar-refractivity contribution in [1.29, 1.82) is 0 Å². The number of likely N-dealkylation sites (N-methyl/N-ethyl adjacent to an activating group) is 1. The van der Waals surface area contributed by atoms with Crippen LogP contribution in [0, 0.1) is 5.82 Å². The van der Waals surface area contributed by atoms with Crippen molar-refractivity contribution in [2.24, 2.45) is 0 Å². The predicted octanol–water partition coefficient (Wildman–Crippen LogP) is 1.37. The van der Waals surface area contributed by atoms with Gasteiger partial charge < -0.3 is 15.1 Å². The van der Waals surface area contributed by atoms with E-state index in [4.69, 9.17) is 0 Å². The molecule has 122 valence electrons. The van der Waals surface area contributed by atoms with E-state index in [1.165, 1.54) is 5.56 Å². The highest BCUT2D eigenvalue weighted by atomic mass is 19.1. The van der Waals surface area contributed by atoms with Crippen molar-refractivity contribution in [1.82, 2.24) is 15.1 Å². The van der Waals surface area contributed by atoms with Crippen LogP contribution in [0.4, 0.5) is 10.1 Å². The van der Waals surface area contributed by atoms with Crippen LogP contribution in [0.3, 0.4) is 0 Å². The number of nitrogens with one attached hydrogen (secondary N) is 1. The number of hydrogen-bond acceptors (Lipinski definition) is 4. The fraction of sp³-hybridized carbons (Fsp3) is 0.647. The lowest BCUT2D eigenvalue weighted by Crippen LogP contribution is -2.45. The molecule has 4 nitrogen and oxygen atoms in total. The van der Waals surface area contributed by atoms with Crippen molar-refractivity contribution in [2.75, 3.05) is 63.8 Å². The van der Waals surface area contributed by atoms with Crippen LogP contribution in [0.2, 0.25) is 0 Å². The molecule has 0 aliphatic carbocycles. The van der Waals surface area contributed by atoms with E-state index in [0.29, 0.717) is 0 Å². The van der Waals surface area contributed by atoms with E-state index in [1.807, 2.05) is 12.1 Å². The Morgan fingerprint density at radius 2 is 1.68 bits per heavy atom. The summed E-state index contributed by atoms with van der Waals surface area (Å²) in [5, 5.41) is 3.32. The van der Waals surface area contributed by atoms with E-state index < -0.39 is 0 Å². The topological polar surface area (TPSA) is 21.8 Å². The minimum absolute atomic E-state index is 0.0959. The number of benzene rings is 1. The van der Waals surface area contributed by atoms with Gasteiger partial charge in [0.15, 0.2) is 0 Å². The second-order valence-electron chi connectivity index (χ2n) is 6.23. The molecule has 2 aliphatic heterocycles. The van der Waals surface area contributed by atoms with E-state index in [9.17, 15) is 4.39 Å². The summed E-state index contributed by atoms with van der Waals surface area (Å²) in [6, 6.07) is 5.62. The lowest BCUT2D eigenvalue weighted by Gasteiger charge is -2.34. The predicted molar refractivity (Wildman–Crippen MR) is 88.9 cm³/mol. The molecule has 0 unspecified atom stereocenters. The van der Waals surface area contributed by atoms with Gasteiger partial charge in [-0.2, -0.15) is 0 Å². The van der Waals surface area contributed by atoms with Gasteiger partial charge in [-0.1, -0.05) is 13.0 Å². The fourth-order valence-electron chi connectivity index (χ4n) is 3.33. The Bertz CT molecular complexity index is 480. The summed E-state index contributed by atoms with van der Waals surface area (Å²) in [4.78, 5) is 7.11. The van der Waals surface area contributed by atoms with Gasteiger partial charge in [0.05, 0.1) is 5.69 Å². The van der Waals surface area contributed by atoms with Crippen LogP contribution in [-0.2, 0) is 6.54 Å². The SMILES string of the molecule is CCN1CCN(Cc2ccc(F)c(N3CCNCC3)c2)CC1. The summed E-state index contributed by atoms with van der Waals surface area (Å²) in [7, 11) is 0. The number of halogens is 1. The first-order valence-corrected chi connectivity index (χ1v) is 8.45. The largest absolute Gasteiger partial charge is 0.367 e. The molecule has 2 aliphatic rings. The summed E-state index contributed by atoms with van der Waals surface area (Å²) in [5.74, 6) is -0.0959. The average Bonchev–Trinajstić information content (AvgIpc) is 2.58. The second-order valence-corrected chi connectivity index (χ2v) is 6.23. The highest BCUT2D eigenvalue weighted by Gasteiger charge is 2.18. The first-order chi connectivity index (χ1) is 10.8. The normalized spacial score (nSPS) is 21.3. The number of piperazine rings is 2. The molecular formula is C17H27FN4. The van der Waals surface area contributed by atoms with Crippen LogP contribution in [0.25, 0.3) is 0 Å². The Kier molecular flexibility index (Phi) is 5.28. The van der Waals surface area contributed by atoms with Crippen LogP contribution >= 0.6 is 0 Å². The van der Waals surface area contributed by atoms with Gasteiger partial charge in [0.25, 0.3) is 0 Å². The van der Waals surface area contributed by atoms with E-state index in [0.717, 1.165) is 71.1 Å². The Balaban J connectivity index is 1.64. The van der Waals surface area contributed by atoms with Gasteiger partial charge in [-0.05, 0) is 24.2 Å². The third kappa shape index (κ3) is 3.77. The Hall–Kier alpha value is -1.17. The summed E-state index contributed by atoms with van der Waals surface area (Å²) in [5.41, 5.74) is 1.99. The zero-order chi connectivity index (χ0) is 15.4. The Labute approximate surface area is 132 Å². The number of hydrogen-bond donors (Lipinski definition) is 1. The van der Waals surface area contributed by atoms with E-state index >= 15 is 0 Å². The highest BCUT2D eigenvalue weighted by molar-refractivity contribution is 5.50. The van der Waals surface area contributed by atoms with Gasteiger partial charge in [-0.3, -0.25) is 4.90 Å². The van der Waals surface area contributed by atoms with Gasteiger partial charge in [-0.15, -0.1) is 0 Å². The maximum Gasteiger partial charge on any atom is 0.146 e. The fourth-order valence-corrected chi connectivity index (χ4v) is 3.33. The molecule has 0 spiro atoms. The molecular weight excluding hydrogens is 279 g/mol. The summed E-state index contributed by atoms with van der Waals surface area (Å²) in [6.45, 7) is 12.4. The molecule has 0 saturated carbocycles. The van der Waals surface area contributed by atoms with Gasteiger partial charge in [0.1, 0.15) is 5.82 Å². The number of nitrogens with zero attached hydrogens (tertiary/aromatic N) is 3. The smallest absolute Gasteiger partial charge is 0.146 e. The summed E-state index contributed by atoms with van der Waals surface area (Å²) >= 11 is 0. The van der Waals surface area contributed by atoms with E-state index in [-0.39, 0.29) is 5.82 Å². The molecule has 1 aromatic carbocycles. The standard InChI is InChI=1S/C17H27FN4/c1-2-20-9-11-21(12-10-20)14-15-3-4-16(18)17(13-15)22-7-5-19-6-8-22/h3-4,13,19H,2,5-12,14H2,1H3. The van der Waals surface area contributed by atoms with Crippen LogP contribution < -0.4 is 10.2 Å². The van der Waals surface area contributed by atoms with Gasteiger partial charge in [0.2, 0.25) is 0 Å². The molecule has 0 atom stereocenters. The third-order valence-electron chi connectivity index (χ3n) is 4.79. The highest BCUT2D eigenvalue weighted by Crippen LogP contribution is 2.22. The molecule has 0 bridgehead atoms. The molecule has 5 heteroatoms. The van der Waals surface area contributed by atoms with Gasteiger partial charge in [0, 0.05) is 58.9 Å². The zero-order valence-electron chi connectivity index (χ0n) is 13.5. The second kappa shape index (κ2) is 7.40. The minimum Gasteiger partial charge on any atom is -0.367 e. The van der Waals surface area contributed by atoms with Crippen molar-refractivity contribution in [2.45, 2.75) is 13.5 Å². The van der Waals surface area contributed by atoms with Crippen LogP contribution in [0.15, 0.2) is 18.2 Å². The molecule has 2 fully saturated rings. The van der Waals surface area contributed by atoms with Crippen molar-refractivity contribution in [3.05, 3.63) is 29.6 Å². The minimum atomic E-state index is -0.0959. The van der Waals surface area contributed by atoms with E-state index in [1.54, 1.807) is 6.07 Å². The summed E-state index contributed by atoms with van der Waals surface area (Å²) < 4.78 is 14.1. The number of rotatable bonds is 4. The molecule has 22 heavy (non-hydrogen) atoms. The van der Waals surface area contributed by atoms with Gasteiger partial charge in [-0.25, -0.2) is 4.39 Å². The van der Waals surface area contributed by atoms with Crippen molar-refractivity contribution in [3.8, 4) is 0 Å². The Morgan fingerprint density at radius 1 is 1.00 bits per heavy atom. The van der Waals surface area contributed by atoms with Crippen LogP contribution in [-0.4, -0.2) is 68.7 Å². The molecule has 0 aromatic heterocycles. The van der Waals surface area contributed by atoms with Gasteiger partial charge >= 0.3 is 0 Å². The third-order valence-corrected chi connectivity index (χ3v) is 4.79. The molecule has 2 saturated heterocycles. The van der Waals surface area contributed by atoms with Crippen molar-refractivity contribution >= 4 is 5.69 Å². The molecule has 0 radical (unpaired) electrons. The average molecular weight is 306 g/mol. The van der Waals surface area contributed by atoms with Crippen LogP contribution in [0.5, 0.6) is 0 Å². The monoisotopic (exact) mass is 306 g/mol. The quantitative estimate of drug-likeness (QED) is 0.907. The summed E-state index contributed by atoms with van der Waals surface area (Å²) in [6.07, 6.45) is 0. The maximum atomic E-state index is 14.1. The number of anilines is 1. The molecule has 0 amide bonds. The maximum absolute atomic E-state index is 14.1. The lowest BCUT2D eigenvalue weighted by atomic mass is 10.1. The molecule has 2 heterocycles. The van der Waals surface area contributed by atoms with Crippen LogP contribution in [0.1, 0.15) is 12.5 Å². The first kappa shape index (κ1) is 15.7. The van der Waals surface area contributed by atoms with E-state index in [2.05, 4.69) is 26.9 Å². The molecule has 3 rings (SSSR count).